The number of aliphatic carboxylic acids is 2. The van der Waals surface area contributed by atoms with Gasteiger partial charge in [0.05, 0.1) is 16.6 Å². The zero-order chi connectivity index (χ0) is 24.3. The van der Waals surface area contributed by atoms with Gasteiger partial charge in [0.1, 0.15) is 5.82 Å². The monoisotopic (exact) mass is 451 g/mol. The summed E-state index contributed by atoms with van der Waals surface area (Å²) in [5, 5.41) is 21.0. The summed E-state index contributed by atoms with van der Waals surface area (Å²) in [6.07, 6.45) is 0.538. The van der Waals surface area contributed by atoms with E-state index in [2.05, 4.69) is 0 Å². The molecule has 2 aromatic rings. The summed E-state index contributed by atoms with van der Waals surface area (Å²) in [4.78, 5) is 27.6. The van der Waals surface area contributed by atoms with Crippen LogP contribution in [0.5, 0.6) is 0 Å². The highest BCUT2D eigenvalue weighted by molar-refractivity contribution is 6.01. The molecule has 1 unspecified atom stereocenters. The topological polar surface area (TPSA) is 77.8 Å². The number of carboxylic acids is 2. The summed E-state index contributed by atoms with van der Waals surface area (Å²) in [5.41, 5.74) is 1.19. The van der Waals surface area contributed by atoms with Crippen LogP contribution in [0.15, 0.2) is 77.1 Å². The number of carboxylic acid groups (broad SMARTS) is 2. The molecule has 0 saturated heterocycles. The van der Waals surface area contributed by atoms with Gasteiger partial charge in [-0.1, -0.05) is 63.2 Å². The van der Waals surface area contributed by atoms with Gasteiger partial charge in [-0.05, 0) is 42.5 Å². The van der Waals surface area contributed by atoms with Crippen molar-refractivity contribution in [1.82, 2.24) is 4.90 Å². The van der Waals surface area contributed by atoms with Gasteiger partial charge >= 0.3 is 11.9 Å². The molecule has 6 heteroatoms. The minimum atomic E-state index is -1.43. The lowest BCUT2D eigenvalue weighted by Gasteiger charge is -2.47. The van der Waals surface area contributed by atoms with E-state index in [-0.39, 0.29) is 23.5 Å². The van der Waals surface area contributed by atoms with Crippen LogP contribution in [0.25, 0.3) is 0 Å². The van der Waals surface area contributed by atoms with Crippen LogP contribution in [0.2, 0.25) is 0 Å². The molecule has 1 atom stereocenters. The SMILES string of the molecule is CCN1C(Cc2ccccc2)=C(C(=O)O)C(CC)(c2ccc(F)cc2)C(C(=O)O)=C1C(C)C. The first kappa shape index (κ1) is 24.2. The van der Waals surface area contributed by atoms with E-state index in [4.69, 9.17) is 0 Å². The smallest absolute Gasteiger partial charge is 0.334 e. The molecule has 1 aliphatic rings. The molecule has 2 aromatic carbocycles. The third-order valence-corrected chi connectivity index (χ3v) is 6.39. The van der Waals surface area contributed by atoms with Gasteiger partial charge < -0.3 is 15.1 Å². The van der Waals surface area contributed by atoms with E-state index in [0.717, 1.165) is 5.56 Å². The van der Waals surface area contributed by atoms with Crippen LogP contribution in [0, 0.1) is 11.7 Å². The van der Waals surface area contributed by atoms with E-state index < -0.39 is 23.2 Å². The number of carbonyl (C=O) groups is 2. The maximum atomic E-state index is 13.8. The van der Waals surface area contributed by atoms with E-state index in [1.807, 2.05) is 56.0 Å². The number of benzene rings is 2. The summed E-state index contributed by atoms with van der Waals surface area (Å²) in [7, 11) is 0. The molecule has 174 valence electrons. The van der Waals surface area contributed by atoms with Crippen molar-refractivity contribution in [3.05, 3.63) is 94.1 Å². The number of allylic oxidation sites excluding steroid dienone is 2. The second kappa shape index (κ2) is 9.61. The second-order valence-electron chi connectivity index (χ2n) is 8.52. The van der Waals surface area contributed by atoms with Crippen LogP contribution in [0.3, 0.4) is 0 Å². The predicted molar refractivity (Wildman–Crippen MR) is 125 cm³/mol. The molecule has 33 heavy (non-hydrogen) atoms. The van der Waals surface area contributed by atoms with Crippen molar-refractivity contribution in [2.24, 2.45) is 5.92 Å². The Labute approximate surface area is 193 Å². The Bertz CT molecular complexity index is 1100. The quantitative estimate of drug-likeness (QED) is 0.563. The van der Waals surface area contributed by atoms with Crippen molar-refractivity contribution < 1.29 is 24.2 Å². The van der Waals surface area contributed by atoms with Gasteiger partial charge in [0.25, 0.3) is 0 Å². The second-order valence-corrected chi connectivity index (χ2v) is 8.52. The molecule has 0 bridgehead atoms. The fraction of sp³-hybridized carbons (Fsp3) is 0.333. The van der Waals surface area contributed by atoms with Gasteiger partial charge in [0.2, 0.25) is 0 Å². The molecule has 1 heterocycles. The van der Waals surface area contributed by atoms with Crippen molar-refractivity contribution in [2.45, 2.75) is 46.0 Å². The first-order valence-corrected chi connectivity index (χ1v) is 11.2. The minimum absolute atomic E-state index is 0.0316. The average molecular weight is 452 g/mol. The van der Waals surface area contributed by atoms with E-state index in [1.54, 1.807) is 6.92 Å². The highest BCUT2D eigenvalue weighted by Gasteiger charge is 2.52. The number of likely N-dealkylation sites (N-methyl/N-ethyl adjacent to an activating group) is 1. The van der Waals surface area contributed by atoms with Crippen molar-refractivity contribution >= 4 is 11.9 Å². The van der Waals surface area contributed by atoms with Crippen LogP contribution >= 0.6 is 0 Å². The summed E-state index contributed by atoms with van der Waals surface area (Å²) in [6.45, 7) is 7.93. The minimum Gasteiger partial charge on any atom is -0.478 e. The van der Waals surface area contributed by atoms with Crippen LogP contribution in [0.1, 0.15) is 45.2 Å². The van der Waals surface area contributed by atoms with Gasteiger partial charge in [-0.25, -0.2) is 14.0 Å². The lowest BCUT2D eigenvalue weighted by atomic mass is 9.62. The van der Waals surface area contributed by atoms with E-state index in [0.29, 0.717) is 29.9 Å². The predicted octanol–water partition coefficient (Wildman–Crippen LogP) is 5.39. The summed E-state index contributed by atoms with van der Waals surface area (Å²) < 4.78 is 13.8. The zero-order valence-corrected chi connectivity index (χ0v) is 19.4. The first-order valence-electron chi connectivity index (χ1n) is 11.2. The number of hydrogen-bond donors (Lipinski definition) is 2. The maximum absolute atomic E-state index is 13.8. The van der Waals surface area contributed by atoms with Gasteiger partial charge in [-0.15, -0.1) is 0 Å². The lowest BCUT2D eigenvalue weighted by Crippen LogP contribution is -2.47. The normalized spacial score (nSPS) is 18.8. The summed E-state index contributed by atoms with van der Waals surface area (Å²) in [5.74, 6) is -2.98. The Morgan fingerprint density at radius 1 is 0.939 bits per heavy atom. The summed E-state index contributed by atoms with van der Waals surface area (Å²) >= 11 is 0. The molecule has 0 spiro atoms. The highest BCUT2D eigenvalue weighted by Crippen LogP contribution is 2.51. The molecule has 0 aliphatic carbocycles. The Hall–Kier alpha value is -3.41. The third-order valence-electron chi connectivity index (χ3n) is 6.39. The molecule has 0 aromatic heterocycles. The molecule has 3 rings (SSSR count). The van der Waals surface area contributed by atoms with Crippen LogP contribution < -0.4 is 0 Å². The number of rotatable bonds is 8. The molecule has 0 radical (unpaired) electrons. The first-order chi connectivity index (χ1) is 15.7. The lowest BCUT2D eigenvalue weighted by molar-refractivity contribution is -0.134. The standard InChI is InChI=1S/C27H30FNO4/c1-5-27(19-12-14-20(28)15-13-19)22(25(30)31)21(16-18-10-8-7-9-11-18)29(6-2)24(17(3)4)23(27)26(32)33/h7-15,17H,5-6,16H2,1-4H3,(H,30,31)(H,32,33). The highest BCUT2D eigenvalue weighted by atomic mass is 19.1. The Kier molecular flexibility index (Phi) is 7.06. The van der Waals surface area contributed by atoms with Gasteiger partial charge in [-0.2, -0.15) is 0 Å². The maximum Gasteiger partial charge on any atom is 0.334 e. The summed E-state index contributed by atoms with van der Waals surface area (Å²) in [6, 6.07) is 15.1. The molecular weight excluding hydrogens is 421 g/mol. The molecule has 0 amide bonds. The van der Waals surface area contributed by atoms with Crippen molar-refractivity contribution in [1.29, 1.82) is 0 Å². The molecule has 0 saturated carbocycles. The fourth-order valence-electron chi connectivity index (χ4n) is 5.12. The number of nitrogens with zero attached hydrogens (tertiary/aromatic N) is 1. The molecule has 5 nitrogen and oxygen atoms in total. The van der Waals surface area contributed by atoms with Gasteiger partial charge in [0.15, 0.2) is 0 Å². The fourth-order valence-corrected chi connectivity index (χ4v) is 5.12. The van der Waals surface area contributed by atoms with E-state index >= 15 is 0 Å². The van der Waals surface area contributed by atoms with Crippen LogP contribution in [0.4, 0.5) is 4.39 Å². The van der Waals surface area contributed by atoms with E-state index in [9.17, 15) is 24.2 Å². The number of hydrogen-bond acceptors (Lipinski definition) is 3. The molecular formula is C27H30FNO4. The zero-order valence-electron chi connectivity index (χ0n) is 19.4. The molecule has 1 aliphatic heterocycles. The largest absolute Gasteiger partial charge is 0.478 e. The van der Waals surface area contributed by atoms with Crippen molar-refractivity contribution in [3.63, 3.8) is 0 Å². The van der Waals surface area contributed by atoms with Crippen LogP contribution in [-0.2, 0) is 21.4 Å². The molecule has 2 N–H and O–H groups in total. The molecule has 0 fully saturated rings. The third kappa shape index (κ3) is 4.17. The van der Waals surface area contributed by atoms with Gasteiger partial charge in [0, 0.05) is 24.4 Å². The van der Waals surface area contributed by atoms with Crippen molar-refractivity contribution in [3.8, 4) is 0 Å². The van der Waals surface area contributed by atoms with Crippen LogP contribution in [-0.4, -0.2) is 33.6 Å². The Morgan fingerprint density at radius 2 is 1.52 bits per heavy atom. The van der Waals surface area contributed by atoms with E-state index in [1.165, 1.54) is 24.3 Å². The van der Waals surface area contributed by atoms with Crippen molar-refractivity contribution in [2.75, 3.05) is 6.54 Å². The number of halogens is 1. The Morgan fingerprint density at radius 3 is 1.97 bits per heavy atom. The van der Waals surface area contributed by atoms with Gasteiger partial charge in [-0.3, -0.25) is 0 Å². The average Bonchev–Trinajstić information content (AvgIpc) is 2.78. The Balaban J connectivity index is 2.49.